The number of benzene rings is 1. The molecule has 0 aliphatic carbocycles. The molecule has 1 N–H and O–H groups in total. The molecule has 3 atom stereocenters. The van der Waals surface area contributed by atoms with E-state index in [1.807, 2.05) is 30.3 Å². The van der Waals surface area contributed by atoms with E-state index in [2.05, 4.69) is 0 Å². The Hall–Kier alpha value is -2.41. The van der Waals surface area contributed by atoms with Crippen molar-refractivity contribution in [3.05, 3.63) is 35.9 Å². The fourth-order valence-electron chi connectivity index (χ4n) is 4.03. The number of ether oxygens (including phenoxy) is 1. The first kappa shape index (κ1) is 18.4. The molecule has 1 aromatic carbocycles. The molecule has 2 amide bonds. The molecule has 7 nitrogen and oxygen atoms in total. The van der Waals surface area contributed by atoms with Gasteiger partial charge in [-0.1, -0.05) is 30.3 Å². The molecule has 3 rings (SSSR count). The number of hydrogen-bond donors (Lipinski definition) is 1. The van der Waals surface area contributed by atoms with E-state index in [9.17, 15) is 19.5 Å². The van der Waals surface area contributed by atoms with Crippen LogP contribution in [0.15, 0.2) is 30.3 Å². The summed E-state index contributed by atoms with van der Waals surface area (Å²) < 4.78 is 5.73. The molecule has 140 valence electrons. The number of carboxylic acids is 1. The summed E-state index contributed by atoms with van der Waals surface area (Å²) in [5.74, 6) is -1.52. The second kappa shape index (κ2) is 7.07. The van der Waals surface area contributed by atoms with Crippen molar-refractivity contribution in [1.29, 1.82) is 0 Å². The van der Waals surface area contributed by atoms with Crippen LogP contribution in [0.3, 0.4) is 0 Å². The molecule has 1 aromatic rings. The monoisotopic (exact) mass is 360 g/mol. The Balaban J connectivity index is 1.68. The smallest absolute Gasteiger partial charge is 0.329 e. The highest BCUT2D eigenvalue weighted by atomic mass is 16.5. The van der Waals surface area contributed by atoms with Gasteiger partial charge in [0.1, 0.15) is 5.54 Å². The molecule has 0 saturated carbocycles. The Morgan fingerprint density at radius 2 is 2.00 bits per heavy atom. The van der Waals surface area contributed by atoms with Crippen LogP contribution >= 0.6 is 0 Å². The van der Waals surface area contributed by atoms with Gasteiger partial charge in [-0.25, -0.2) is 4.79 Å². The van der Waals surface area contributed by atoms with Crippen molar-refractivity contribution < 1.29 is 24.2 Å². The van der Waals surface area contributed by atoms with Gasteiger partial charge in [-0.3, -0.25) is 9.59 Å². The Morgan fingerprint density at radius 1 is 1.31 bits per heavy atom. The topological polar surface area (TPSA) is 87.2 Å². The maximum absolute atomic E-state index is 12.8. The summed E-state index contributed by atoms with van der Waals surface area (Å²) in [6.07, 6.45) is 0.686. The van der Waals surface area contributed by atoms with Gasteiger partial charge in [0.15, 0.2) is 6.04 Å². The molecule has 0 bridgehead atoms. The number of likely N-dealkylation sites (tertiary alicyclic amines) is 2. The van der Waals surface area contributed by atoms with Crippen molar-refractivity contribution in [2.24, 2.45) is 0 Å². The van der Waals surface area contributed by atoms with Crippen LogP contribution in [0.5, 0.6) is 0 Å². The van der Waals surface area contributed by atoms with Gasteiger partial charge in [0.05, 0.1) is 19.3 Å². The summed E-state index contributed by atoms with van der Waals surface area (Å²) in [7, 11) is 0. The number of carboxylic acid groups (broad SMARTS) is 1. The number of hydrogen-bond acceptors (Lipinski definition) is 4. The van der Waals surface area contributed by atoms with E-state index in [1.165, 1.54) is 11.8 Å². The van der Waals surface area contributed by atoms with Gasteiger partial charge in [-0.05, 0) is 25.3 Å². The first-order chi connectivity index (χ1) is 12.4. The first-order valence-corrected chi connectivity index (χ1v) is 8.84. The second-order valence-electron chi connectivity index (χ2n) is 7.02. The van der Waals surface area contributed by atoms with Gasteiger partial charge < -0.3 is 19.6 Å². The molecule has 2 aliphatic heterocycles. The lowest BCUT2D eigenvalue weighted by Crippen LogP contribution is -2.76. The van der Waals surface area contributed by atoms with E-state index in [0.717, 1.165) is 12.0 Å². The molecule has 1 spiro atoms. The molecular weight excluding hydrogens is 336 g/mol. The zero-order valence-corrected chi connectivity index (χ0v) is 15.1. The van der Waals surface area contributed by atoms with Crippen molar-refractivity contribution in [2.45, 2.75) is 51.0 Å². The van der Waals surface area contributed by atoms with E-state index >= 15 is 0 Å². The minimum atomic E-state index is -1.10. The molecule has 2 saturated heterocycles. The first-order valence-electron chi connectivity index (χ1n) is 8.84. The molecule has 26 heavy (non-hydrogen) atoms. The van der Waals surface area contributed by atoms with Gasteiger partial charge >= 0.3 is 5.97 Å². The minimum absolute atomic E-state index is 0.143. The Kier molecular flexibility index (Phi) is 5.00. The van der Waals surface area contributed by atoms with Gasteiger partial charge in [-0.2, -0.15) is 0 Å². The Labute approximate surface area is 152 Å². The minimum Gasteiger partial charge on any atom is -0.480 e. The Morgan fingerprint density at radius 3 is 2.58 bits per heavy atom. The molecule has 0 aromatic heterocycles. The maximum Gasteiger partial charge on any atom is 0.329 e. The lowest BCUT2D eigenvalue weighted by Gasteiger charge is -2.53. The van der Waals surface area contributed by atoms with Crippen molar-refractivity contribution in [1.82, 2.24) is 9.80 Å². The van der Waals surface area contributed by atoms with Crippen LogP contribution in [0.4, 0.5) is 0 Å². The summed E-state index contributed by atoms with van der Waals surface area (Å²) in [5, 5.41) is 9.65. The largest absolute Gasteiger partial charge is 0.480 e. The van der Waals surface area contributed by atoms with Crippen LogP contribution in [0, 0.1) is 0 Å². The second-order valence-corrected chi connectivity index (χ2v) is 7.02. The third kappa shape index (κ3) is 3.07. The van der Waals surface area contributed by atoms with E-state index in [1.54, 1.807) is 11.8 Å². The molecule has 0 radical (unpaired) electrons. The molecule has 7 heteroatoms. The van der Waals surface area contributed by atoms with E-state index in [-0.39, 0.29) is 25.0 Å². The van der Waals surface area contributed by atoms with Crippen LogP contribution in [-0.2, 0) is 25.7 Å². The predicted molar refractivity (Wildman–Crippen MR) is 93.2 cm³/mol. The number of nitrogens with zero attached hydrogens (tertiary/aromatic N) is 2. The number of β-lactam (4-membered cyclic amide) rings is 1. The van der Waals surface area contributed by atoms with Crippen molar-refractivity contribution in [3.8, 4) is 0 Å². The highest BCUT2D eigenvalue weighted by Crippen LogP contribution is 2.40. The van der Waals surface area contributed by atoms with Gasteiger partial charge in [0.2, 0.25) is 5.91 Å². The number of rotatable bonds is 6. The summed E-state index contributed by atoms with van der Waals surface area (Å²) in [6, 6.07) is 8.40. The quantitative estimate of drug-likeness (QED) is 0.772. The highest BCUT2D eigenvalue weighted by molar-refractivity contribution is 5.99. The lowest BCUT2D eigenvalue weighted by molar-refractivity contribution is -0.182. The van der Waals surface area contributed by atoms with Crippen molar-refractivity contribution in [2.75, 3.05) is 13.1 Å². The molecule has 2 aliphatic rings. The summed E-state index contributed by atoms with van der Waals surface area (Å²) in [5.41, 5.74) is 0.0898. The van der Waals surface area contributed by atoms with Crippen LogP contribution in [-0.4, -0.2) is 63.5 Å². The van der Waals surface area contributed by atoms with E-state index in [0.29, 0.717) is 13.0 Å². The average molecular weight is 360 g/mol. The number of carbonyl (C=O) groups is 3. The average Bonchev–Trinajstić information content (AvgIpc) is 3.07. The third-order valence-electron chi connectivity index (χ3n) is 5.35. The van der Waals surface area contributed by atoms with Gasteiger partial charge in [0.25, 0.3) is 5.91 Å². The van der Waals surface area contributed by atoms with Crippen molar-refractivity contribution in [3.63, 3.8) is 0 Å². The number of carbonyl (C=O) groups excluding carboxylic acids is 2. The summed E-state index contributed by atoms with van der Waals surface area (Å²) in [4.78, 5) is 39.4. The predicted octanol–water partition coefficient (Wildman–Crippen LogP) is 1.27. The van der Waals surface area contributed by atoms with E-state index in [4.69, 9.17) is 4.74 Å². The summed E-state index contributed by atoms with van der Waals surface area (Å²) in [6.45, 7) is 4.19. The standard InChI is InChI=1S/C19H24N2O5/c1-13(26-11-15-7-4-3-5-8-15)16(17(23)24)20-12-19(18(20)25)9-6-10-21(19)14(2)22/h3-5,7-8,13,16H,6,9-12H2,1-2H3,(H,23,24). The normalized spacial score (nSPS) is 24.5. The molecule has 2 heterocycles. The van der Waals surface area contributed by atoms with Gasteiger partial charge in [0, 0.05) is 13.5 Å². The SMILES string of the molecule is CC(=O)N1CCCC12CN(C(C(=O)O)C(C)OCc1ccccc1)C2=O. The van der Waals surface area contributed by atoms with Crippen LogP contribution in [0.25, 0.3) is 0 Å². The fraction of sp³-hybridized carbons (Fsp3) is 0.526. The summed E-state index contributed by atoms with van der Waals surface area (Å²) >= 11 is 0. The maximum atomic E-state index is 12.8. The zero-order chi connectivity index (χ0) is 18.9. The molecule has 2 fully saturated rings. The highest BCUT2D eigenvalue weighted by Gasteiger charge is 2.62. The van der Waals surface area contributed by atoms with Crippen molar-refractivity contribution >= 4 is 17.8 Å². The van der Waals surface area contributed by atoms with Gasteiger partial charge in [-0.15, -0.1) is 0 Å². The zero-order valence-electron chi connectivity index (χ0n) is 15.1. The number of amides is 2. The van der Waals surface area contributed by atoms with E-state index < -0.39 is 23.7 Å². The molecule has 3 unspecified atom stereocenters. The molecular formula is C19H24N2O5. The lowest BCUT2D eigenvalue weighted by atomic mass is 9.83. The fourth-order valence-corrected chi connectivity index (χ4v) is 4.03. The van der Waals surface area contributed by atoms with Crippen LogP contribution in [0.2, 0.25) is 0 Å². The van der Waals surface area contributed by atoms with Crippen LogP contribution < -0.4 is 0 Å². The third-order valence-corrected chi connectivity index (χ3v) is 5.35. The van der Waals surface area contributed by atoms with Crippen LogP contribution in [0.1, 0.15) is 32.3 Å². The number of aliphatic carboxylic acids is 1. The Bertz CT molecular complexity index is 707.